The Balaban J connectivity index is 0.000000381. The molecule has 2 rings (SSSR count). The molecular formula is C15H19F5N2O3. The zero-order valence-electron chi connectivity index (χ0n) is 13.5. The van der Waals surface area contributed by atoms with E-state index in [1.165, 1.54) is 0 Å². The summed E-state index contributed by atoms with van der Waals surface area (Å²) >= 11 is 0. The van der Waals surface area contributed by atoms with Gasteiger partial charge in [0.1, 0.15) is 5.75 Å². The van der Waals surface area contributed by atoms with Crippen molar-refractivity contribution < 1.29 is 36.6 Å². The number of nitrogens with zero attached hydrogens (tertiary/aromatic N) is 2. The average Bonchev–Trinajstić information content (AvgIpc) is 2.54. The second-order valence-corrected chi connectivity index (χ2v) is 5.15. The van der Waals surface area contributed by atoms with Gasteiger partial charge >= 0.3 is 12.1 Å². The van der Waals surface area contributed by atoms with Crippen LogP contribution in [0, 0.1) is 0 Å². The number of rotatable bonds is 4. The van der Waals surface area contributed by atoms with Gasteiger partial charge in [0, 0.05) is 26.2 Å². The first-order chi connectivity index (χ1) is 11.6. The minimum Gasteiger partial charge on any atom is -0.495 e. The molecule has 1 aliphatic heterocycles. The van der Waals surface area contributed by atoms with E-state index in [1.807, 2.05) is 24.3 Å². The summed E-state index contributed by atoms with van der Waals surface area (Å²) in [6.07, 6.45) is -7.33. The molecule has 10 heteroatoms. The molecule has 0 atom stereocenters. The molecule has 1 aromatic carbocycles. The number of carboxylic acid groups (broad SMARTS) is 1. The third-order valence-corrected chi connectivity index (χ3v) is 3.44. The Morgan fingerprint density at radius 2 is 1.72 bits per heavy atom. The number of aliphatic carboxylic acids is 1. The number of anilines is 1. The quantitative estimate of drug-likeness (QED) is 0.826. The third kappa shape index (κ3) is 7.12. The summed E-state index contributed by atoms with van der Waals surface area (Å²) in [6.45, 7) is 2.73. The van der Waals surface area contributed by atoms with E-state index in [-0.39, 0.29) is 6.54 Å². The summed E-state index contributed by atoms with van der Waals surface area (Å²) in [5, 5.41) is 7.12. The van der Waals surface area contributed by atoms with Crippen molar-refractivity contribution in [3.63, 3.8) is 0 Å². The number of carbonyl (C=O) groups is 1. The molecule has 1 N–H and O–H groups in total. The molecule has 0 unspecified atom stereocenters. The Morgan fingerprint density at radius 3 is 2.16 bits per heavy atom. The van der Waals surface area contributed by atoms with Crippen LogP contribution in [0.5, 0.6) is 5.75 Å². The number of halogens is 5. The Labute approximate surface area is 141 Å². The van der Waals surface area contributed by atoms with Crippen molar-refractivity contribution in [1.82, 2.24) is 4.90 Å². The number of hydrogen-bond acceptors (Lipinski definition) is 4. The van der Waals surface area contributed by atoms with Crippen LogP contribution in [0.15, 0.2) is 24.3 Å². The summed E-state index contributed by atoms with van der Waals surface area (Å²) in [6, 6.07) is 7.81. The molecule has 0 bridgehead atoms. The fraction of sp³-hybridized carbons (Fsp3) is 0.533. The molecule has 142 valence electrons. The molecule has 0 aromatic heterocycles. The van der Waals surface area contributed by atoms with Gasteiger partial charge in [0.15, 0.2) is 0 Å². The number of piperazine rings is 1. The van der Waals surface area contributed by atoms with Crippen molar-refractivity contribution in [2.45, 2.75) is 12.6 Å². The van der Waals surface area contributed by atoms with Crippen LogP contribution >= 0.6 is 0 Å². The van der Waals surface area contributed by atoms with Crippen molar-refractivity contribution in [1.29, 1.82) is 0 Å². The van der Waals surface area contributed by atoms with Crippen LogP contribution in [0.1, 0.15) is 0 Å². The lowest BCUT2D eigenvalue weighted by atomic mass is 10.2. The first-order valence-electron chi connectivity index (χ1n) is 7.33. The molecule has 1 aromatic rings. The first-order valence-corrected chi connectivity index (χ1v) is 7.33. The van der Waals surface area contributed by atoms with Gasteiger partial charge in [-0.05, 0) is 12.1 Å². The van der Waals surface area contributed by atoms with Crippen molar-refractivity contribution >= 4 is 11.7 Å². The predicted octanol–water partition coefficient (Wildman–Crippen LogP) is 2.72. The SMILES string of the molecule is COc1ccccc1N1CCN(CC(F)F)CC1.O=C(O)C(F)(F)F. The molecule has 0 radical (unpaired) electrons. The van der Waals surface area contributed by atoms with Gasteiger partial charge in [-0.1, -0.05) is 12.1 Å². The fourth-order valence-corrected chi connectivity index (χ4v) is 2.26. The first kappa shape index (κ1) is 20.9. The van der Waals surface area contributed by atoms with E-state index < -0.39 is 18.6 Å². The normalized spacial score (nSPS) is 15.6. The fourth-order valence-electron chi connectivity index (χ4n) is 2.26. The highest BCUT2D eigenvalue weighted by molar-refractivity contribution is 5.73. The minimum atomic E-state index is -5.08. The molecule has 0 amide bonds. The highest BCUT2D eigenvalue weighted by atomic mass is 19.4. The minimum absolute atomic E-state index is 0.125. The van der Waals surface area contributed by atoms with Crippen LogP contribution in [-0.4, -0.2) is 68.4 Å². The van der Waals surface area contributed by atoms with Gasteiger partial charge in [-0.3, -0.25) is 4.90 Å². The largest absolute Gasteiger partial charge is 0.495 e. The number of benzene rings is 1. The Bertz CT molecular complexity index is 546. The summed E-state index contributed by atoms with van der Waals surface area (Å²) in [7, 11) is 1.64. The molecule has 0 aliphatic carbocycles. The number of methoxy groups -OCH3 is 1. The standard InChI is InChI=1S/C13H18F2N2O.C2HF3O2/c1-18-12-5-3-2-4-11(12)17-8-6-16(7-9-17)10-13(14)15;3-2(4,5)1(6)7/h2-5,13H,6-10H2,1H3;(H,6,7). The Morgan fingerprint density at radius 1 is 1.20 bits per heavy atom. The molecule has 0 spiro atoms. The van der Waals surface area contributed by atoms with E-state index >= 15 is 0 Å². The number of alkyl halides is 5. The maximum Gasteiger partial charge on any atom is 0.490 e. The number of ether oxygens (including phenoxy) is 1. The van der Waals surface area contributed by atoms with Crippen LogP contribution in [0.25, 0.3) is 0 Å². The smallest absolute Gasteiger partial charge is 0.490 e. The van der Waals surface area contributed by atoms with Gasteiger partial charge in [0.2, 0.25) is 0 Å². The van der Waals surface area contributed by atoms with Crippen molar-refractivity contribution in [3.8, 4) is 5.75 Å². The van der Waals surface area contributed by atoms with Crippen LogP contribution in [0.3, 0.4) is 0 Å². The van der Waals surface area contributed by atoms with Gasteiger partial charge in [-0.15, -0.1) is 0 Å². The number of para-hydroxylation sites is 2. The zero-order valence-corrected chi connectivity index (χ0v) is 13.5. The number of hydrogen-bond donors (Lipinski definition) is 1. The van der Waals surface area contributed by atoms with Gasteiger partial charge < -0.3 is 14.7 Å². The molecule has 1 saturated heterocycles. The molecule has 0 saturated carbocycles. The van der Waals surface area contributed by atoms with E-state index in [0.29, 0.717) is 13.1 Å². The molecule has 25 heavy (non-hydrogen) atoms. The van der Waals surface area contributed by atoms with Crippen molar-refractivity contribution in [3.05, 3.63) is 24.3 Å². The highest BCUT2D eigenvalue weighted by Crippen LogP contribution is 2.28. The summed E-state index contributed by atoms with van der Waals surface area (Å²) in [5.74, 6) is -1.92. The number of carboxylic acids is 1. The highest BCUT2D eigenvalue weighted by Gasteiger charge is 2.38. The maximum atomic E-state index is 12.3. The lowest BCUT2D eigenvalue weighted by Crippen LogP contribution is -2.47. The lowest BCUT2D eigenvalue weighted by molar-refractivity contribution is -0.192. The van der Waals surface area contributed by atoms with Crippen LogP contribution < -0.4 is 9.64 Å². The average molecular weight is 370 g/mol. The third-order valence-electron chi connectivity index (χ3n) is 3.44. The summed E-state index contributed by atoms with van der Waals surface area (Å²) < 4.78 is 61.6. The lowest BCUT2D eigenvalue weighted by Gasteiger charge is -2.36. The monoisotopic (exact) mass is 370 g/mol. The maximum absolute atomic E-state index is 12.3. The summed E-state index contributed by atoms with van der Waals surface area (Å²) in [4.78, 5) is 12.9. The van der Waals surface area contributed by atoms with Gasteiger partial charge in [0.25, 0.3) is 6.43 Å². The zero-order chi connectivity index (χ0) is 19.0. The molecule has 1 aliphatic rings. The molecule has 1 fully saturated rings. The Kier molecular flexibility index (Phi) is 7.88. The van der Waals surface area contributed by atoms with Crippen LogP contribution in [0.2, 0.25) is 0 Å². The topological polar surface area (TPSA) is 53.0 Å². The van der Waals surface area contributed by atoms with Crippen molar-refractivity contribution in [2.75, 3.05) is 44.7 Å². The van der Waals surface area contributed by atoms with Crippen LogP contribution in [0.4, 0.5) is 27.6 Å². The van der Waals surface area contributed by atoms with E-state index in [1.54, 1.807) is 12.0 Å². The van der Waals surface area contributed by atoms with Crippen LogP contribution in [-0.2, 0) is 4.79 Å². The van der Waals surface area contributed by atoms with Gasteiger partial charge in [0.05, 0.1) is 19.3 Å². The summed E-state index contributed by atoms with van der Waals surface area (Å²) in [5.41, 5.74) is 1.04. The Hall–Kier alpha value is -2.10. The second-order valence-electron chi connectivity index (χ2n) is 5.15. The van der Waals surface area contributed by atoms with E-state index in [2.05, 4.69) is 4.90 Å². The van der Waals surface area contributed by atoms with E-state index in [4.69, 9.17) is 14.6 Å². The predicted molar refractivity (Wildman–Crippen MR) is 81.3 cm³/mol. The molecular weight excluding hydrogens is 351 g/mol. The van der Waals surface area contributed by atoms with Gasteiger partial charge in [-0.2, -0.15) is 13.2 Å². The second kappa shape index (κ2) is 9.40. The van der Waals surface area contributed by atoms with Crippen molar-refractivity contribution in [2.24, 2.45) is 0 Å². The van der Waals surface area contributed by atoms with Gasteiger partial charge in [-0.25, -0.2) is 13.6 Å². The van der Waals surface area contributed by atoms with E-state index in [9.17, 15) is 22.0 Å². The molecule has 1 heterocycles. The van der Waals surface area contributed by atoms with E-state index in [0.717, 1.165) is 24.5 Å². The molecule has 5 nitrogen and oxygen atoms in total.